The van der Waals surface area contributed by atoms with Crippen molar-refractivity contribution < 1.29 is 18.0 Å². The predicted molar refractivity (Wildman–Crippen MR) is 156 cm³/mol. The summed E-state index contributed by atoms with van der Waals surface area (Å²) in [5.74, 6) is -0.868. The molecule has 0 aliphatic heterocycles. The molecule has 0 aliphatic carbocycles. The Morgan fingerprint density at radius 1 is 0.897 bits per heavy atom. The molecule has 0 spiro atoms. The van der Waals surface area contributed by atoms with Gasteiger partial charge in [0.1, 0.15) is 12.6 Å². The van der Waals surface area contributed by atoms with E-state index in [0.29, 0.717) is 16.5 Å². The van der Waals surface area contributed by atoms with Crippen molar-refractivity contribution in [1.82, 2.24) is 10.2 Å². The average molecular weight is 591 g/mol. The number of amides is 2. The summed E-state index contributed by atoms with van der Waals surface area (Å²) in [7, 11) is -4.15. The van der Waals surface area contributed by atoms with Gasteiger partial charge in [0.15, 0.2) is 0 Å². The van der Waals surface area contributed by atoms with E-state index >= 15 is 0 Å². The molecule has 0 radical (unpaired) electrons. The van der Waals surface area contributed by atoms with Gasteiger partial charge in [0, 0.05) is 22.1 Å². The minimum Gasteiger partial charge on any atom is -0.350 e. The van der Waals surface area contributed by atoms with Crippen LogP contribution in [-0.4, -0.2) is 43.3 Å². The molecule has 0 saturated heterocycles. The molecule has 3 aromatic rings. The summed E-state index contributed by atoms with van der Waals surface area (Å²) < 4.78 is 28.6. The molecule has 0 heterocycles. The van der Waals surface area contributed by atoms with Gasteiger partial charge in [-0.1, -0.05) is 66.5 Å². The number of hydrogen-bond donors (Lipinski definition) is 1. The molecule has 0 aromatic heterocycles. The van der Waals surface area contributed by atoms with Gasteiger partial charge in [0.2, 0.25) is 11.8 Å². The highest BCUT2D eigenvalue weighted by Crippen LogP contribution is 2.27. The molecule has 3 aromatic carbocycles. The van der Waals surface area contributed by atoms with E-state index in [9.17, 15) is 18.0 Å². The number of carbonyl (C=O) groups is 2. The van der Waals surface area contributed by atoms with Gasteiger partial charge in [0.25, 0.3) is 10.0 Å². The third-order valence-electron chi connectivity index (χ3n) is 5.86. The summed E-state index contributed by atoms with van der Waals surface area (Å²) in [5, 5.41) is 3.80. The van der Waals surface area contributed by atoms with Gasteiger partial charge in [-0.25, -0.2) is 8.42 Å². The zero-order valence-electron chi connectivity index (χ0n) is 22.4. The molecule has 10 heteroatoms. The lowest BCUT2D eigenvalue weighted by Gasteiger charge is -2.34. The molecule has 39 heavy (non-hydrogen) atoms. The monoisotopic (exact) mass is 589 g/mol. The van der Waals surface area contributed by atoms with Gasteiger partial charge in [-0.2, -0.15) is 0 Å². The Hall–Kier alpha value is -3.07. The lowest BCUT2D eigenvalue weighted by Crippen LogP contribution is -2.55. The molecule has 3 rings (SSSR count). The van der Waals surface area contributed by atoms with Crippen LogP contribution in [0.2, 0.25) is 10.0 Å². The highest BCUT2D eigenvalue weighted by Gasteiger charge is 2.34. The minimum atomic E-state index is -4.15. The first-order valence-corrected chi connectivity index (χ1v) is 14.7. The largest absolute Gasteiger partial charge is 0.350 e. The van der Waals surface area contributed by atoms with Crippen molar-refractivity contribution in [3.8, 4) is 0 Å². The average Bonchev–Trinajstić information content (AvgIpc) is 2.87. The standard InChI is InChI=1S/C29H33Cl2N3O4S/c1-5-26(28(36)32-29(2,3)4)33(19-21-14-16-22(30)17-15-21)27(35)20-34(24-11-9-10-23(31)18-24)39(37,38)25-12-7-6-8-13-25/h6-18,26H,5,19-20H2,1-4H3,(H,32,36)/t26-/m1/s1. The Morgan fingerprint density at radius 3 is 2.10 bits per heavy atom. The smallest absolute Gasteiger partial charge is 0.264 e. The van der Waals surface area contributed by atoms with Crippen molar-refractivity contribution in [3.05, 3.63) is 94.5 Å². The number of hydrogen-bond acceptors (Lipinski definition) is 4. The van der Waals surface area contributed by atoms with Gasteiger partial charge >= 0.3 is 0 Å². The zero-order valence-corrected chi connectivity index (χ0v) is 24.7. The summed E-state index contributed by atoms with van der Waals surface area (Å²) >= 11 is 12.3. The van der Waals surface area contributed by atoms with Crippen LogP contribution in [0.3, 0.4) is 0 Å². The highest BCUT2D eigenvalue weighted by atomic mass is 35.5. The summed E-state index contributed by atoms with van der Waals surface area (Å²) in [6, 6.07) is 20.3. The maximum absolute atomic E-state index is 14.0. The normalized spacial score (nSPS) is 12.5. The van der Waals surface area contributed by atoms with Crippen LogP contribution < -0.4 is 9.62 Å². The fourth-order valence-electron chi connectivity index (χ4n) is 4.04. The summed E-state index contributed by atoms with van der Waals surface area (Å²) in [6.45, 7) is 6.93. The zero-order chi connectivity index (χ0) is 28.8. The third-order valence-corrected chi connectivity index (χ3v) is 8.13. The van der Waals surface area contributed by atoms with Crippen LogP contribution in [0.1, 0.15) is 39.7 Å². The van der Waals surface area contributed by atoms with Gasteiger partial charge in [0.05, 0.1) is 10.6 Å². The summed E-state index contributed by atoms with van der Waals surface area (Å²) in [6.07, 6.45) is 0.323. The highest BCUT2D eigenvalue weighted by molar-refractivity contribution is 7.92. The quantitative estimate of drug-likeness (QED) is 0.318. The van der Waals surface area contributed by atoms with E-state index in [1.54, 1.807) is 60.7 Å². The van der Waals surface area contributed by atoms with Crippen molar-refractivity contribution in [2.45, 2.75) is 57.1 Å². The van der Waals surface area contributed by atoms with Crippen LogP contribution in [-0.2, 0) is 26.2 Å². The molecule has 0 fully saturated rings. The first-order chi connectivity index (χ1) is 18.3. The van der Waals surface area contributed by atoms with Crippen LogP contribution >= 0.6 is 23.2 Å². The SMILES string of the molecule is CC[C@H](C(=O)NC(C)(C)C)N(Cc1ccc(Cl)cc1)C(=O)CN(c1cccc(Cl)c1)S(=O)(=O)c1ccccc1. The topological polar surface area (TPSA) is 86.8 Å². The maximum Gasteiger partial charge on any atom is 0.264 e. The Kier molecular flexibility index (Phi) is 10.0. The van der Waals surface area contributed by atoms with E-state index in [0.717, 1.165) is 9.87 Å². The molecule has 0 saturated carbocycles. The molecule has 1 N–H and O–H groups in total. The molecular formula is C29H33Cl2N3O4S. The third kappa shape index (κ3) is 8.21. The second kappa shape index (κ2) is 12.9. The van der Waals surface area contributed by atoms with Crippen molar-refractivity contribution in [2.75, 3.05) is 10.8 Å². The van der Waals surface area contributed by atoms with Crippen molar-refractivity contribution >= 4 is 50.7 Å². The fourth-order valence-corrected chi connectivity index (χ4v) is 5.78. The van der Waals surface area contributed by atoms with E-state index in [1.165, 1.54) is 23.1 Å². The van der Waals surface area contributed by atoms with Crippen LogP contribution in [0.15, 0.2) is 83.8 Å². The van der Waals surface area contributed by atoms with Gasteiger partial charge in [-0.05, 0) is 75.2 Å². The second-order valence-electron chi connectivity index (χ2n) is 10.1. The minimum absolute atomic E-state index is 0.0274. The second-order valence-corrected chi connectivity index (χ2v) is 12.9. The van der Waals surface area contributed by atoms with Crippen molar-refractivity contribution in [2.24, 2.45) is 0 Å². The number of nitrogens with one attached hydrogen (secondary N) is 1. The fraction of sp³-hybridized carbons (Fsp3) is 0.310. The molecular weight excluding hydrogens is 557 g/mol. The van der Waals surface area contributed by atoms with Gasteiger partial charge < -0.3 is 10.2 Å². The van der Waals surface area contributed by atoms with E-state index in [2.05, 4.69) is 5.32 Å². The number of nitrogens with zero attached hydrogens (tertiary/aromatic N) is 2. The van der Waals surface area contributed by atoms with Crippen LogP contribution in [0.5, 0.6) is 0 Å². The number of anilines is 1. The Morgan fingerprint density at radius 2 is 1.54 bits per heavy atom. The maximum atomic E-state index is 14.0. The summed E-state index contributed by atoms with van der Waals surface area (Å²) in [4.78, 5) is 28.8. The lowest BCUT2D eigenvalue weighted by atomic mass is 10.1. The molecule has 1 atom stereocenters. The molecule has 2 amide bonds. The molecule has 0 aliphatic rings. The number of halogens is 2. The number of carbonyl (C=O) groups excluding carboxylic acids is 2. The first kappa shape index (κ1) is 30.5. The molecule has 0 bridgehead atoms. The Labute approximate surface area is 240 Å². The molecule has 0 unspecified atom stereocenters. The lowest BCUT2D eigenvalue weighted by molar-refractivity contribution is -0.141. The first-order valence-electron chi connectivity index (χ1n) is 12.5. The Bertz CT molecular complexity index is 1390. The van der Waals surface area contributed by atoms with Gasteiger partial charge in [-0.15, -0.1) is 0 Å². The van der Waals surface area contributed by atoms with Crippen molar-refractivity contribution in [3.63, 3.8) is 0 Å². The van der Waals surface area contributed by atoms with E-state index in [4.69, 9.17) is 23.2 Å². The Balaban J connectivity index is 2.06. The van der Waals surface area contributed by atoms with E-state index in [-0.39, 0.29) is 23.0 Å². The molecule has 208 valence electrons. The van der Waals surface area contributed by atoms with Crippen LogP contribution in [0, 0.1) is 0 Å². The van der Waals surface area contributed by atoms with E-state index < -0.39 is 34.1 Å². The summed E-state index contributed by atoms with van der Waals surface area (Å²) in [5.41, 5.74) is 0.455. The van der Waals surface area contributed by atoms with Crippen molar-refractivity contribution in [1.29, 1.82) is 0 Å². The number of rotatable bonds is 10. The van der Waals surface area contributed by atoms with Crippen LogP contribution in [0.4, 0.5) is 5.69 Å². The molecule has 7 nitrogen and oxygen atoms in total. The number of sulfonamides is 1. The number of benzene rings is 3. The van der Waals surface area contributed by atoms with Crippen LogP contribution in [0.25, 0.3) is 0 Å². The van der Waals surface area contributed by atoms with Gasteiger partial charge in [-0.3, -0.25) is 13.9 Å². The predicted octanol–water partition coefficient (Wildman–Crippen LogP) is 5.91. The van der Waals surface area contributed by atoms with E-state index in [1.807, 2.05) is 27.7 Å².